The molecule has 0 spiro atoms. The number of carbonyl (C=O) groups excluding carboxylic acids is 1. The van der Waals surface area contributed by atoms with Crippen LogP contribution in [-0.4, -0.2) is 79.0 Å². The van der Waals surface area contributed by atoms with Gasteiger partial charge in [0.25, 0.3) is 0 Å². The van der Waals surface area contributed by atoms with Crippen LogP contribution < -0.4 is 16.0 Å². The van der Waals surface area contributed by atoms with Crippen LogP contribution in [0.4, 0.5) is 23.7 Å². The van der Waals surface area contributed by atoms with E-state index in [1.807, 2.05) is 13.8 Å². The quantitative estimate of drug-likeness (QED) is 0.312. The zero-order chi connectivity index (χ0) is 33.2. The van der Waals surface area contributed by atoms with E-state index >= 15 is 8.78 Å². The summed E-state index contributed by atoms with van der Waals surface area (Å²) < 4.78 is 77.8. The third kappa shape index (κ3) is 7.84. The van der Waals surface area contributed by atoms with Crippen molar-refractivity contribution in [3.05, 3.63) is 65.0 Å². The number of nitrogens with one attached hydrogen (secondary N) is 3. The Labute approximate surface area is 267 Å². The van der Waals surface area contributed by atoms with E-state index in [9.17, 15) is 27.5 Å². The van der Waals surface area contributed by atoms with Gasteiger partial charge in [-0.1, -0.05) is 12.1 Å². The molecule has 0 radical (unpaired) electrons. The Morgan fingerprint density at radius 1 is 1.07 bits per heavy atom. The zero-order valence-electron chi connectivity index (χ0n) is 25.8. The number of carbonyl (C=O) groups is 2. The number of amides is 2. The summed E-state index contributed by atoms with van der Waals surface area (Å²) in [4.78, 5) is 26.0. The number of benzene rings is 2. The predicted octanol–water partition coefficient (Wildman–Crippen LogP) is 4.36. The SMILES string of the molecule is C[C@@H]1C[C@H]([C@H](c2ccc(F)cc2)[C@H](NC(=O)O)C(=O)Nc2c(F)ccc(F)c2CC[C@H]2CN[C@@H]3CCCS(=O)(=O)N2C3)C[C@H](C)O1. The average molecular weight is 667 g/mol. The van der Waals surface area contributed by atoms with Gasteiger partial charge < -0.3 is 25.8 Å². The molecule has 46 heavy (non-hydrogen) atoms. The van der Waals surface area contributed by atoms with Gasteiger partial charge in [-0.2, -0.15) is 4.31 Å². The van der Waals surface area contributed by atoms with E-state index in [-0.39, 0.29) is 48.3 Å². The van der Waals surface area contributed by atoms with Crippen molar-refractivity contribution in [2.24, 2.45) is 5.92 Å². The molecule has 5 rings (SSSR count). The van der Waals surface area contributed by atoms with Crippen molar-refractivity contribution in [1.29, 1.82) is 0 Å². The molecule has 2 bridgehead atoms. The molecular formula is C32H41F3N4O6S. The number of piperazine rings is 1. The molecule has 14 heteroatoms. The minimum atomic E-state index is -3.51. The smallest absolute Gasteiger partial charge is 0.405 e. The van der Waals surface area contributed by atoms with E-state index in [0.29, 0.717) is 37.9 Å². The summed E-state index contributed by atoms with van der Waals surface area (Å²) in [6.07, 6.45) is 0.401. The molecule has 3 aliphatic rings. The Hall–Kier alpha value is -3.20. The Bertz CT molecular complexity index is 1520. The number of anilines is 1. The highest BCUT2D eigenvalue weighted by Gasteiger charge is 2.41. The number of carboxylic acid groups (broad SMARTS) is 1. The molecule has 3 heterocycles. The number of sulfonamides is 1. The van der Waals surface area contributed by atoms with Gasteiger partial charge in [0, 0.05) is 36.7 Å². The lowest BCUT2D eigenvalue weighted by Gasteiger charge is -2.40. The van der Waals surface area contributed by atoms with E-state index < -0.39 is 63.2 Å². The number of hydrogen-bond acceptors (Lipinski definition) is 6. The van der Waals surface area contributed by atoms with Gasteiger partial charge >= 0.3 is 6.09 Å². The molecule has 3 fully saturated rings. The first kappa shape index (κ1) is 34.1. The molecule has 3 aliphatic heterocycles. The third-order valence-corrected chi connectivity index (χ3v) is 11.3. The molecule has 8 atom stereocenters. The molecule has 2 aromatic rings. The van der Waals surface area contributed by atoms with Gasteiger partial charge in [-0.3, -0.25) is 4.79 Å². The summed E-state index contributed by atoms with van der Waals surface area (Å²) in [5.41, 5.74) is -0.0826. The summed E-state index contributed by atoms with van der Waals surface area (Å²) in [6, 6.07) is 5.32. The minimum absolute atomic E-state index is 0.0230. The lowest BCUT2D eigenvalue weighted by molar-refractivity contribution is -0.120. The first-order valence-electron chi connectivity index (χ1n) is 15.7. The zero-order valence-corrected chi connectivity index (χ0v) is 26.7. The minimum Gasteiger partial charge on any atom is -0.465 e. The topological polar surface area (TPSA) is 137 Å². The standard InChI is InChI=1S/C32H41F3N4O6S/c1-18-14-21(15-19(2)45-18)28(20-5-7-22(33)8-6-20)30(38-32(41)42)31(40)37-29-25(26(34)11-12-27(29)35)10-9-24-16-36-23-4-3-13-46(43,44)39(24)17-23/h5-8,11-12,18-19,21,23-24,28,30,36,38H,3-4,9-10,13-17H2,1-2H3,(H,37,40)(H,41,42)/t18-,19+,21+,23-,24+,28+,30+/m1/s1. The normalized spacial score (nSPS) is 28.8. The monoisotopic (exact) mass is 666 g/mol. The first-order valence-corrected chi connectivity index (χ1v) is 17.3. The molecular weight excluding hydrogens is 625 g/mol. The molecule has 0 aromatic heterocycles. The highest BCUT2D eigenvalue weighted by molar-refractivity contribution is 7.89. The average Bonchev–Trinajstić information content (AvgIpc) is 3.10. The summed E-state index contributed by atoms with van der Waals surface area (Å²) in [7, 11) is -3.51. The van der Waals surface area contributed by atoms with E-state index in [2.05, 4.69) is 16.0 Å². The van der Waals surface area contributed by atoms with Crippen LogP contribution in [0, 0.1) is 23.4 Å². The third-order valence-electron chi connectivity index (χ3n) is 9.36. The van der Waals surface area contributed by atoms with Crippen molar-refractivity contribution in [2.75, 3.05) is 24.2 Å². The van der Waals surface area contributed by atoms with Gasteiger partial charge in [-0.25, -0.2) is 26.4 Å². The number of halogens is 3. The second kappa shape index (κ2) is 14.3. The summed E-state index contributed by atoms with van der Waals surface area (Å²) in [5, 5.41) is 17.9. The Morgan fingerprint density at radius 3 is 2.41 bits per heavy atom. The van der Waals surface area contributed by atoms with Crippen LogP contribution in [0.25, 0.3) is 0 Å². The molecule has 4 N–H and O–H groups in total. The van der Waals surface area contributed by atoms with Crippen molar-refractivity contribution in [2.45, 2.75) is 88.6 Å². The molecule has 3 saturated heterocycles. The second-order valence-electron chi connectivity index (χ2n) is 12.7. The number of fused-ring (bicyclic) bond motifs is 2. The van der Waals surface area contributed by atoms with Crippen molar-refractivity contribution in [3.63, 3.8) is 0 Å². The lowest BCUT2D eigenvalue weighted by Crippen LogP contribution is -2.57. The number of hydrogen-bond donors (Lipinski definition) is 4. The van der Waals surface area contributed by atoms with Gasteiger partial charge in [0.1, 0.15) is 23.5 Å². The molecule has 0 aliphatic carbocycles. The maximum atomic E-state index is 15.4. The summed E-state index contributed by atoms with van der Waals surface area (Å²) in [5.74, 6) is -4.17. The molecule has 2 aromatic carbocycles. The van der Waals surface area contributed by atoms with Gasteiger partial charge in [-0.15, -0.1) is 0 Å². The van der Waals surface area contributed by atoms with Crippen LogP contribution in [0.3, 0.4) is 0 Å². The van der Waals surface area contributed by atoms with Gasteiger partial charge in [-0.05, 0) is 88.1 Å². The Kier molecular flexibility index (Phi) is 10.6. The van der Waals surface area contributed by atoms with Crippen molar-refractivity contribution in [1.82, 2.24) is 14.9 Å². The molecule has 0 saturated carbocycles. The van der Waals surface area contributed by atoms with Crippen LogP contribution in [-0.2, 0) is 26.0 Å². The first-order chi connectivity index (χ1) is 21.8. The number of nitrogens with zero attached hydrogens (tertiary/aromatic N) is 1. The van der Waals surface area contributed by atoms with Crippen molar-refractivity contribution < 1.29 is 41.0 Å². The van der Waals surface area contributed by atoms with Crippen LogP contribution >= 0.6 is 0 Å². The Balaban J connectivity index is 1.44. The van der Waals surface area contributed by atoms with E-state index in [0.717, 1.165) is 18.6 Å². The molecule has 252 valence electrons. The molecule has 10 nitrogen and oxygen atoms in total. The second-order valence-corrected chi connectivity index (χ2v) is 14.7. The summed E-state index contributed by atoms with van der Waals surface area (Å²) >= 11 is 0. The van der Waals surface area contributed by atoms with Gasteiger partial charge in [0.15, 0.2) is 0 Å². The molecule has 1 unspecified atom stereocenters. The van der Waals surface area contributed by atoms with Crippen LogP contribution in [0.2, 0.25) is 0 Å². The van der Waals surface area contributed by atoms with Crippen LogP contribution in [0.1, 0.15) is 63.0 Å². The van der Waals surface area contributed by atoms with E-state index in [1.54, 1.807) is 0 Å². The number of rotatable bonds is 9. The fraction of sp³-hybridized carbons (Fsp3) is 0.562. The van der Waals surface area contributed by atoms with Crippen LogP contribution in [0.5, 0.6) is 0 Å². The van der Waals surface area contributed by atoms with Gasteiger partial charge in [0.2, 0.25) is 15.9 Å². The van der Waals surface area contributed by atoms with Gasteiger partial charge in [0.05, 0.1) is 23.6 Å². The van der Waals surface area contributed by atoms with E-state index in [4.69, 9.17) is 4.74 Å². The largest absolute Gasteiger partial charge is 0.465 e. The highest BCUT2D eigenvalue weighted by Crippen LogP contribution is 2.39. The maximum absolute atomic E-state index is 15.4. The fourth-order valence-electron chi connectivity index (χ4n) is 7.35. The van der Waals surface area contributed by atoms with Crippen molar-refractivity contribution in [3.8, 4) is 0 Å². The highest BCUT2D eigenvalue weighted by atomic mass is 32.2. The van der Waals surface area contributed by atoms with E-state index in [1.165, 1.54) is 28.6 Å². The summed E-state index contributed by atoms with van der Waals surface area (Å²) in [6.45, 7) is 4.40. The van der Waals surface area contributed by atoms with Crippen molar-refractivity contribution >= 4 is 27.7 Å². The number of ether oxygens (including phenoxy) is 1. The molecule has 2 amide bonds. The fourth-order valence-corrected chi connectivity index (χ4v) is 9.16. The lowest BCUT2D eigenvalue weighted by atomic mass is 9.74. The predicted molar refractivity (Wildman–Crippen MR) is 165 cm³/mol. The maximum Gasteiger partial charge on any atom is 0.405 e. The van der Waals surface area contributed by atoms with Crippen LogP contribution in [0.15, 0.2) is 36.4 Å². The Morgan fingerprint density at radius 2 is 1.74 bits per heavy atom.